The number of halogens is 1. The van der Waals surface area contributed by atoms with Crippen LogP contribution in [-0.4, -0.2) is 17.4 Å². The summed E-state index contributed by atoms with van der Waals surface area (Å²) in [7, 11) is 0. The molecule has 6 heteroatoms. The Bertz CT molecular complexity index is 1190. The molecule has 5 nitrogen and oxygen atoms in total. The Labute approximate surface area is 185 Å². The normalized spacial score (nSPS) is 24.1. The molecule has 3 aromatic carbocycles. The van der Waals surface area contributed by atoms with Gasteiger partial charge in [-0.3, -0.25) is 9.69 Å². The zero-order valence-electron chi connectivity index (χ0n) is 16.8. The highest BCUT2D eigenvalue weighted by atomic mass is 35.5. The number of para-hydroxylation sites is 3. The van der Waals surface area contributed by atoms with Crippen LogP contribution in [0.5, 0.6) is 0 Å². The second-order valence-electron chi connectivity index (χ2n) is 8.24. The molecule has 31 heavy (non-hydrogen) atoms. The van der Waals surface area contributed by atoms with Crippen LogP contribution in [-0.2, 0) is 4.79 Å². The van der Waals surface area contributed by atoms with Crippen molar-refractivity contribution in [3.05, 3.63) is 89.4 Å². The van der Waals surface area contributed by atoms with E-state index in [0.717, 1.165) is 47.7 Å². The molecule has 6 rings (SSSR count). The number of rotatable bonds is 2. The van der Waals surface area contributed by atoms with Crippen LogP contribution >= 0.6 is 11.6 Å². The largest absolute Gasteiger partial charge is 0.324 e. The molecule has 1 saturated carbocycles. The van der Waals surface area contributed by atoms with Crippen molar-refractivity contribution in [3.8, 4) is 0 Å². The molecule has 2 unspecified atom stereocenters. The summed E-state index contributed by atoms with van der Waals surface area (Å²) in [4.78, 5) is 15.7. The smallest absolute Gasteiger partial charge is 0.231 e. The molecule has 0 bridgehead atoms. The Morgan fingerprint density at radius 1 is 0.968 bits per heavy atom. The third-order valence-electron chi connectivity index (χ3n) is 6.58. The molecule has 0 radical (unpaired) electrons. The zero-order chi connectivity index (χ0) is 21.0. The predicted molar refractivity (Wildman–Crippen MR) is 125 cm³/mol. The number of amidine groups is 1. The van der Waals surface area contributed by atoms with Crippen molar-refractivity contribution >= 4 is 40.4 Å². The molecule has 154 valence electrons. The SMILES string of the molecule is O=C1Nc2ccccc2N2C(c3ccc(Cl)cc3)=NN(c3ccccc3)C23CCCC13. The monoisotopic (exact) mass is 428 g/mol. The van der Waals surface area contributed by atoms with E-state index in [-0.39, 0.29) is 11.8 Å². The van der Waals surface area contributed by atoms with E-state index in [1.807, 2.05) is 60.7 Å². The first kappa shape index (κ1) is 18.5. The number of carbonyl (C=O) groups is 1. The Morgan fingerprint density at radius 3 is 2.52 bits per heavy atom. The highest BCUT2D eigenvalue weighted by Gasteiger charge is 2.61. The first-order valence-electron chi connectivity index (χ1n) is 10.6. The Hall–Kier alpha value is -3.31. The Morgan fingerprint density at radius 2 is 1.71 bits per heavy atom. The van der Waals surface area contributed by atoms with Crippen LogP contribution in [0.25, 0.3) is 0 Å². The maximum absolute atomic E-state index is 13.4. The number of hydrogen-bond donors (Lipinski definition) is 1. The van der Waals surface area contributed by atoms with Crippen molar-refractivity contribution in [1.29, 1.82) is 0 Å². The van der Waals surface area contributed by atoms with Crippen molar-refractivity contribution in [2.24, 2.45) is 11.0 Å². The number of fused-ring (bicyclic) bond motifs is 2. The molecule has 1 spiro atoms. The molecule has 2 atom stereocenters. The second kappa shape index (κ2) is 6.86. The van der Waals surface area contributed by atoms with Crippen molar-refractivity contribution < 1.29 is 4.79 Å². The summed E-state index contributed by atoms with van der Waals surface area (Å²) in [6.45, 7) is 0. The third kappa shape index (κ3) is 2.63. The second-order valence-corrected chi connectivity index (χ2v) is 8.68. The molecule has 1 N–H and O–H groups in total. The van der Waals surface area contributed by atoms with Gasteiger partial charge < -0.3 is 5.32 Å². The summed E-state index contributed by atoms with van der Waals surface area (Å²) in [5.74, 6) is 0.672. The number of nitrogens with zero attached hydrogens (tertiary/aromatic N) is 3. The van der Waals surface area contributed by atoms with Crippen LogP contribution in [0.3, 0.4) is 0 Å². The van der Waals surface area contributed by atoms with Crippen LogP contribution in [0.1, 0.15) is 24.8 Å². The fourth-order valence-electron chi connectivity index (χ4n) is 5.29. The van der Waals surface area contributed by atoms with Crippen LogP contribution < -0.4 is 15.2 Å². The van der Waals surface area contributed by atoms with Gasteiger partial charge in [0.25, 0.3) is 0 Å². The number of benzene rings is 3. The lowest BCUT2D eigenvalue weighted by Crippen LogP contribution is -2.60. The van der Waals surface area contributed by atoms with Crippen molar-refractivity contribution in [2.75, 3.05) is 15.2 Å². The number of amides is 1. The molecule has 1 fully saturated rings. The lowest BCUT2D eigenvalue weighted by atomic mass is 9.92. The lowest BCUT2D eigenvalue weighted by molar-refractivity contribution is -0.121. The minimum Gasteiger partial charge on any atom is -0.324 e. The number of hydrazone groups is 1. The van der Waals surface area contributed by atoms with E-state index in [4.69, 9.17) is 16.7 Å². The quantitative estimate of drug-likeness (QED) is 0.588. The topological polar surface area (TPSA) is 47.9 Å². The van der Waals surface area contributed by atoms with Crippen LogP contribution in [0.15, 0.2) is 84.0 Å². The van der Waals surface area contributed by atoms with Gasteiger partial charge in [-0.05, 0) is 67.8 Å². The zero-order valence-corrected chi connectivity index (χ0v) is 17.6. The van der Waals surface area contributed by atoms with Gasteiger partial charge in [-0.1, -0.05) is 41.9 Å². The van der Waals surface area contributed by atoms with Crippen LogP contribution in [0.2, 0.25) is 5.02 Å². The fraction of sp³-hybridized carbons (Fsp3) is 0.200. The maximum Gasteiger partial charge on any atom is 0.231 e. The predicted octanol–water partition coefficient (Wildman–Crippen LogP) is 5.48. The van der Waals surface area contributed by atoms with Gasteiger partial charge in [-0.25, -0.2) is 5.01 Å². The fourth-order valence-corrected chi connectivity index (χ4v) is 5.42. The first-order valence-corrected chi connectivity index (χ1v) is 11.0. The average Bonchev–Trinajstić information content (AvgIpc) is 3.36. The highest BCUT2D eigenvalue weighted by molar-refractivity contribution is 6.30. The van der Waals surface area contributed by atoms with Crippen LogP contribution in [0.4, 0.5) is 17.1 Å². The van der Waals surface area contributed by atoms with Gasteiger partial charge in [-0.2, -0.15) is 5.10 Å². The van der Waals surface area contributed by atoms with Gasteiger partial charge in [0.2, 0.25) is 5.91 Å². The van der Waals surface area contributed by atoms with Gasteiger partial charge in [-0.15, -0.1) is 0 Å². The molecular formula is C25H21ClN4O. The van der Waals surface area contributed by atoms with E-state index >= 15 is 0 Å². The minimum atomic E-state index is -0.590. The molecule has 0 aromatic heterocycles. The summed E-state index contributed by atoms with van der Waals surface area (Å²) in [6, 6.07) is 25.9. The Kier molecular flexibility index (Phi) is 4.08. The number of carbonyl (C=O) groups excluding carboxylic acids is 1. The van der Waals surface area contributed by atoms with E-state index in [2.05, 4.69) is 33.4 Å². The van der Waals surface area contributed by atoms with E-state index in [0.29, 0.717) is 5.02 Å². The van der Waals surface area contributed by atoms with Crippen LogP contribution in [0, 0.1) is 5.92 Å². The van der Waals surface area contributed by atoms with Gasteiger partial charge in [0.1, 0.15) is 0 Å². The summed E-state index contributed by atoms with van der Waals surface area (Å²) in [6.07, 6.45) is 2.63. The van der Waals surface area contributed by atoms with E-state index in [1.165, 1.54) is 0 Å². The molecule has 3 aromatic rings. The number of hydrogen-bond acceptors (Lipinski definition) is 4. The summed E-state index contributed by atoms with van der Waals surface area (Å²) in [5.41, 5.74) is 3.14. The number of anilines is 3. The van der Waals surface area contributed by atoms with E-state index in [1.54, 1.807) is 0 Å². The molecular weight excluding hydrogens is 408 g/mol. The van der Waals surface area contributed by atoms with Gasteiger partial charge in [0, 0.05) is 10.6 Å². The maximum atomic E-state index is 13.4. The molecule has 0 saturated heterocycles. The Balaban J connectivity index is 1.64. The first-order chi connectivity index (χ1) is 15.2. The molecule has 2 aliphatic heterocycles. The molecule has 1 amide bonds. The standard InChI is InChI=1S/C25H21ClN4O/c26-18-14-12-17(13-15-18)23-28-30(19-7-2-1-3-8-19)25-16-6-9-20(25)24(31)27-21-10-4-5-11-22(21)29(23)25/h1-5,7-8,10-15,20H,6,9,16H2,(H,27,31). The van der Waals surface area contributed by atoms with Gasteiger partial charge >= 0.3 is 0 Å². The van der Waals surface area contributed by atoms with Gasteiger partial charge in [0.15, 0.2) is 11.5 Å². The van der Waals surface area contributed by atoms with Crippen molar-refractivity contribution in [3.63, 3.8) is 0 Å². The molecule has 3 aliphatic rings. The van der Waals surface area contributed by atoms with Crippen molar-refractivity contribution in [1.82, 2.24) is 0 Å². The summed E-state index contributed by atoms with van der Waals surface area (Å²) < 4.78 is 0. The van der Waals surface area contributed by atoms with E-state index in [9.17, 15) is 4.79 Å². The van der Waals surface area contributed by atoms with E-state index < -0.39 is 5.66 Å². The highest BCUT2D eigenvalue weighted by Crippen LogP contribution is 2.53. The molecule has 2 heterocycles. The average molecular weight is 429 g/mol. The van der Waals surface area contributed by atoms with Crippen molar-refractivity contribution in [2.45, 2.75) is 24.9 Å². The summed E-state index contributed by atoms with van der Waals surface area (Å²) in [5, 5.41) is 11.1. The third-order valence-corrected chi connectivity index (χ3v) is 6.83. The van der Waals surface area contributed by atoms with Gasteiger partial charge in [0.05, 0.1) is 23.0 Å². The minimum absolute atomic E-state index is 0.0564. The summed E-state index contributed by atoms with van der Waals surface area (Å²) >= 11 is 6.18. The molecule has 1 aliphatic carbocycles. The number of nitrogens with one attached hydrogen (secondary N) is 1. The lowest BCUT2D eigenvalue weighted by Gasteiger charge is -2.44.